The number of ether oxygens (including phenoxy) is 1. The minimum absolute atomic E-state index is 0.247. The highest BCUT2D eigenvalue weighted by Crippen LogP contribution is 2.28. The molecule has 0 saturated carbocycles. The third-order valence-electron chi connectivity index (χ3n) is 3.96. The number of rotatable bonds is 6. The smallest absolute Gasteiger partial charge is 0.274 e. The number of halogens is 1. The maximum absolute atomic E-state index is 12.7. The summed E-state index contributed by atoms with van der Waals surface area (Å²) in [5.74, 6) is 0.784. The Balaban J connectivity index is 1.87. The molecule has 0 aliphatic rings. The molecule has 3 rings (SSSR count). The van der Waals surface area contributed by atoms with Crippen LogP contribution >= 0.6 is 11.6 Å². The molecular formula is C20H19ClN4O2. The van der Waals surface area contributed by atoms with Crippen LogP contribution < -0.4 is 15.0 Å². The zero-order valence-corrected chi connectivity index (χ0v) is 15.8. The summed E-state index contributed by atoms with van der Waals surface area (Å²) in [4.78, 5) is 23.1. The van der Waals surface area contributed by atoms with E-state index in [0.29, 0.717) is 28.8 Å². The van der Waals surface area contributed by atoms with E-state index in [9.17, 15) is 4.79 Å². The lowest BCUT2D eigenvalue weighted by Crippen LogP contribution is -2.20. The molecule has 1 N–H and O–H groups in total. The van der Waals surface area contributed by atoms with Gasteiger partial charge in [-0.2, -0.15) is 0 Å². The molecule has 0 unspecified atom stereocenters. The molecule has 2 aromatic carbocycles. The van der Waals surface area contributed by atoms with Gasteiger partial charge in [0.25, 0.3) is 5.91 Å². The fraction of sp³-hybridized carbons (Fsp3) is 0.150. The monoisotopic (exact) mass is 382 g/mol. The summed E-state index contributed by atoms with van der Waals surface area (Å²) < 4.78 is 5.26. The van der Waals surface area contributed by atoms with Crippen molar-refractivity contribution >= 4 is 34.7 Å². The Morgan fingerprint density at radius 3 is 2.63 bits per heavy atom. The lowest BCUT2D eigenvalue weighted by atomic mass is 10.2. The SMILES string of the molecule is CCN(c1ccccc1)c1cc(C(=O)Nc2cc(Cl)ccc2OC)ncn1. The molecule has 0 spiro atoms. The Kier molecular flexibility index (Phi) is 5.88. The van der Waals surface area contributed by atoms with Gasteiger partial charge in [-0.1, -0.05) is 29.8 Å². The Morgan fingerprint density at radius 2 is 1.93 bits per heavy atom. The Bertz CT molecular complexity index is 934. The average molecular weight is 383 g/mol. The van der Waals surface area contributed by atoms with Crippen LogP contribution in [0.5, 0.6) is 5.75 Å². The number of carbonyl (C=O) groups is 1. The summed E-state index contributed by atoms with van der Waals surface area (Å²) in [6.45, 7) is 2.72. The second-order valence-corrected chi connectivity index (χ2v) is 6.08. The van der Waals surface area contributed by atoms with E-state index in [-0.39, 0.29) is 11.6 Å². The van der Waals surface area contributed by atoms with Gasteiger partial charge >= 0.3 is 0 Å². The highest BCUT2D eigenvalue weighted by atomic mass is 35.5. The largest absolute Gasteiger partial charge is 0.495 e. The number of para-hydroxylation sites is 1. The van der Waals surface area contributed by atoms with E-state index in [1.54, 1.807) is 24.3 Å². The van der Waals surface area contributed by atoms with Gasteiger partial charge in [-0.25, -0.2) is 9.97 Å². The lowest BCUT2D eigenvalue weighted by molar-refractivity contribution is 0.102. The van der Waals surface area contributed by atoms with Gasteiger partial charge < -0.3 is 15.0 Å². The topological polar surface area (TPSA) is 67.4 Å². The van der Waals surface area contributed by atoms with E-state index in [1.807, 2.05) is 42.2 Å². The van der Waals surface area contributed by atoms with Crippen LogP contribution in [0.3, 0.4) is 0 Å². The van der Waals surface area contributed by atoms with Crippen molar-refractivity contribution in [2.45, 2.75) is 6.92 Å². The summed E-state index contributed by atoms with van der Waals surface area (Å²) >= 11 is 6.02. The fourth-order valence-electron chi connectivity index (χ4n) is 2.67. The van der Waals surface area contributed by atoms with Gasteiger partial charge in [-0.15, -0.1) is 0 Å². The fourth-order valence-corrected chi connectivity index (χ4v) is 2.84. The van der Waals surface area contributed by atoms with Crippen molar-refractivity contribution in [3.63, 3.8) is 0 Å². The van der Waals surface area contributed by atoms with Gasteiger partial charge in [0.15, 0.2) is 0 Å². The average Bonchev–Trinajstić information content (AvgIpc) is 2.70. The molecule has 1 heterocycles. The van der Waals surface area contributed by atoms with E-state index in [1.165, 1.54) is 13.4 Å². The van der Waals surface area contributed by atoms with Crippen molar-refractivity contribution < 1.29 is 9.53 Å². The zero-order chi connectivity index (χ0) is 19.2. The van der Waals surface area contributed by atoms with Crippen LogP contribution in [0, 0.1) is 0 Å². The Morgan fingerprint density at radius 1 is 1.15 bits per heavy atom. The molecule has 0 atom stereocenters. The molecule has 0 saturated heterocycles. The Hall–Kier alpha value is -3.12. The van der Waals surface area contributed by atoms with Gasteiger partial charge in [-0.05, 0) is 37.3 Å². The van der Waals surface area contributed by atoms with Gasteiger partial charge in [0, 0.05) is 23.3 Å². The number of hydrogen-bond acceptors (Lipinski definition) is 5. The minimum atomic E-state index is -0.372. The third kappa shape index (κ3) is 4.35. The highest BCUT2D eigenvalue weighted by Gasteiger charge is 2.15. The van der Waals surface area contributed by atoms with Crippen LogP contribution in [0.1, 0.15) is 17.4 Å². The summed E-state index contributed by atoms with van der Waals surface area (Å²) in [6, 6.07) is 16.5. The van der Waals surface area contributed by atoms with E-state index in [0.717, 1.165) is 5.69 Å². The highest BCUT2D eigenvalue weighted by molar-refractivity contribution is 6.31. The number of anilines is 3. The Labute approximate surface area is 162 Å². The molecule has 0 fully saturated rings. The molecule has 27 heavy (non-hydrogen) atoms. The number of hydrogen-bond donors (Lipinski definition) is 1. The second-order valence-electron chi connectivity index (χ2n) is 5.64. The van der Waals surface area contributed by atoms with Crippen LogP contribution in [-0.2, 0) is 0 Å². The summed E-state index contributed by atoms with van der Waals surface area (Å²) in [7, 11) is 1.53. The molecule has 0 aliphatic carbocycles. The normalized spacial score (nSPS) is 10.3. The molecular weight excluding hydrogens is 364 g/mol. The van der Waals surface area contributed by atoms with E-state index >= 15 is 0 Å². The first-order valence-electron chi connectivity index (χ1n) is 8.42. The quantitative estimate of drug-likeness (QED) is 0.677. The molecule has 1 amide bonds. The van der Waals surface area contributed by atoms with Gasteiger partial charge in [0.1, 0.15) is 23.6 Å². The van der Waals surface area contributed by atoms with Crippen LogP contribution in [0.25, 0.3) is 0 Å². The summed E-state index contributed by atoms with van der Waals surface area (Å²) in [5, 5.41) is 3.28. The lowest BCUT2D eigenvalue weighted by Gasteiger charge is -2.22. The number of nitrogens with one attached hydrogen (secondary N) is 1. The van der Waals surface area contributed by atoms with Gasteiger partial charge in [0.2, 0.25) is 0 Å². The number of methoxy groups -OCH3 is 1. The predicted molar refractivity (Wildman–Crippen MR) is 107 cm³/mol. The molecule has 1 aromatic heterocycles. The first-order valence-corrected chi connectivity index (χ1v) is 8.79. The summed E-state index contributed by atoms with van der Waals surface area (Å²) in [6.07, 6.45) is 1.38. The van der Waals surface area contributed by atoms with Gasteiger partial charge in [-0.3, -0.25) is 4.79 Å². The zero-order valence-electron chi connectivity index (χ0n) is 15.0. The van der Waals surface area contributed by atoms with Crippen molar-refractivity contribution in [3.8, 4) is 5.75 Å². The number of nitrogens with zero attached hydrogens (tertiary/aromatic N) is 3. The molecule has 0 radical (unpaired) electrons. The minimum Gasteiger partial charge on any atom is -0.495 e. The number of carbonyl (C=O) groups excluding carboxylic acids is 1. The standard InChI is InChI=1S/C20H19ClN4O2/c1-3-25(15-7-5-4-6-8-15)19-12-17(22-13-23-19)20(26)24-16-11-14(21)9-10-18(16)27-2/h4-13H,3H2,1-2H3,(H,24,26). The van der Waals surface area contributed by atoms with E-state index < -0.39 is 0 Å². The molecule has 3 aromatic rings. The second kappa shape index (κ2) is 8.51. The molecule has 7 heteroatoms. The van der Waals surface area contributed by atoms with E-state index in [4.69, 9.17) is 16.3 Å². The molecule has 0 bridgehead atoms. The van der Waals surface area contributed by atoms with Crippen molar-refractivity contribution in [2.24, 2.45) is 0 Å². The predicted octanol–water partition coefficient (Wildman–Crippen LogP) is 4.55. The maximum Gasteiger partial charge on any atom is 0.274 e. The van der Waals surface area contributed by atoms with Crippen LogP contribution in [0.15, 0.2) is 60.9 Å². The number of benzene rings is 2. The van der Waals surface area contributed by atoms with Gasteiger partial charge in [0.05, 0.1) is 12.8 Å². The van der Waals surface area contributed by atoms with E-state index in [2.05, 4.69) is 15.3 Å². The van der Waals surface area contributed by atoms with Crippen molar-refractivity contribution in [1.82, 2.24) is 9.97 Å². The van der Waals surface area contributed by atoms with Crippen LogP contribution in [0.4, 0.5) is 17.2 Å². The number of amides is 1. The van der Waals surface area contributed by atoms with Crippen LogP contribution in [0.2, 0.25) is 5.02 Å². The first kappa shape index (κ1) is 18.7. The van der Waals surface area contributed by atoms with Crippen molar-refractivity contribution in [1.29, 1.82) is 0 Å². The molecule has 0 aliphatic heterocycles. The first-order chi connectivity index (χ1) is 13.1. The molecule has 138 valence electrons. The number of aromatic nitrogens is 2. The van der Waals surface area contributed by atoms with Crippen molar-refractivity contribution in [3.05, 3.63) is 71.6 Å². The summed E-state index contributed by atoms with van der Waals surface area (Å²) in [5.41, 5.74) is 1.71. The van der Waals surface area contributed by atoms with Crippen LogP contribution in [-0.4, -0.2) is 29.5 Å². The maximum atomic E-state index is 12.7. The van der Waals surface area contributed by atoms with Crippen molar-refractivity contribution in [2.75, 3.05) is 23.9 Å². The third-order valence-corrected chi connectivity index (χ3v) is 4.19. The molecule has 6 nitrogen and oxygen atoms in total.